The highest BCUT2D eigenvalue weighted by Gasteiger charge is 2.09. The predicted octanol–water partition coefficient (Wildman–Crippen LogP) is 1.28. The first kappa shape index (κ1) is 11.9. The van der Waals surface area contributed by atoms with Crippen molar-refractivity contribution in [2.75, 3.05) is 27.3 Å². The fraction of sp³-hybridized carbons (Fsp3) is 0.417. The Kier molecular flexibility index (Phi) is 5.01. The van der Waals surface area contributed by atoms with Gasteiger partial charge in [0.25, 0.3) is 0 Å². The topological polar surface area (TPSA) is 38.3 Å². The Morgan fingerprint density at radius 3 is 2.80 bits per heavy atom. The maximum Gasteiger partial charge on any atom is 0.188 e. The minimum Gasteiger partial charge on any atom is -0.377 e. The summed E-state index contributed by atoms with van der Waals surface area (Å²) >= 11 is 0. The van der Waals surface area contributed by atoms with E-state index in [1.165, 1.54) is 7.11 Å². The Hall–Kier alpha value is -1.19. The molecule has 1 N–H and O–H groups in total. The van der Waals surface area contributed by atoms with Crippen LogP contribution in [0.25, 0.3) is 0 Å². The zero-order valence-corrected chi connectivity index (χ0v) is 9.25. The lowest BCUT2D eigenvalue weighted by molar-refractivity contribution is 0.0847. The summed E-state index contributed by atoms with van der Waals surface area (Å²) in [6.45, 7) is 1.02. The number of Topliss-reactive ketones (excluding diaryl/α,β-unsaturated/α-hetero) is 1. The molecule has 3 heteroatoms. The van der Waals surface area contributed by atoms with Gasteiger partial charge in [0.1, 0.15) is 6.61 Å². The number of ether oxygens (including phenoxy) is 1. The molecule has 82 valence electrons. The van der Waals surface area contributed by atoms with Crippen molar-refractivity contribution in [1.82, 2.24) is 5.32 Å². The van der Waals surface area contributed by atoms with E-state index in [9.17, 15) is 4.79 Å². The molecule has 0 saturated carbocycles. The highest BCUT2D eigenvalue weighted by molar-refractivity contribution is 5.98. The van der Waals surface area contributed by atoms with Crippen LogP contribution in [0.4, 0.5) is 0 Å². The van der Waals surface area contributed by atoms with Crippen LogP contribution in [-0.4, -0.2) is 33.1 Å². The standard InChI is InChI=1S/C12H17NO2/c1-13-8-7-10-5-3-4-6-11(10)12(14)9-15-2/h3-6,13H,7-9H2,1-2H3. The first-order valence-electron chi connectivity index (χ1n) is 5.04. The molecule has 0 fully saturated rings. The SMILES string of the molecule is CNCCc1ccccc1C(=O)COC. The van der Waals surface area contributed by atoms with Crippen LogP contribution < -0.4 is 5.32 Å². The molecule has 1 rings (SSSR count). The molecule has 0 aliphatic heterocycles. The minimum absolute atomic E-state index is 0.0456. The normalized spacial score (nSPS) is 10.3. The smallest absolute Gasteiger partial charge is 0.188 e. The second-order valence-corrected chi connectivity index (χ2v) is 3.37. The summed E-state index contributed by atoms with van der Waals surface area (Å²) in [6, 6.07) is 7.67. The third kappa shape index (κ3) is 3.46. The van der Waals surface area contributed by atoms with Gasteiger partial charge in [-0.15, -0.1) is 0 Å². The number of benzene rings is 1. The molecule has 0 saturated heterocycles. The Morgan fingerprint density at radius 2 is 2.13 bits per heavy atom. The van der Waals surface area contributed by atoms with Crippen LogP contribution in [0.1, 0.15) is 15.9 Å². The Morgan fingerprint density at radius 1 is 1.40 bits per heavy atom. The van der Waals surface area contributed by atoms with E-state index in [0.29, 0.717) is 0 Å². The number of carbonyl (C=O) groups excluding carboxylic acids is 1. The van der Waals surface area contributed by atoms with Gasteiger partial charge in [-0.2, -0.15) is 0 Å². The lowest BCUT2D eigenvalue weighted by Crippen LogP contribution is -2.15. The molecule has 0 radical (unpaired) electrons. The van der Waals surface area contributed by atoms with Crippen LogP contribution >= 0.6 is 0 Å². The zero-order chi connectivity index (χ0) is 11.1. The van der Waals surface area contributed by atoms with Crippen LogP contribution in [0.3, 0.4) is 0 Å². The van der Waals surface area contributed by atoms with Crippen LogP contribution in [0.5, 0.6) is 0 Å². The molecule has 0 aliphatic rings. The molecule has 0 bridgehead atoms. The molecule has 1 aromatic carbocycles. The van der Waals surface area contributed by atoms with E-state index < -0.39 is 0 Å². The first-order valence-corrected chi connectivity index (χ1v) is 5.04. The van der Waals surface area contributed by atoms with Crippen molar-refractivity contribution in [3.05, 3.63) is 35.4 Å². The van der Waals surface area contributed by atoms with Gasteiger partial charge in [-0.05, 0) is 25.6 Å². The van der Waals surface area contributed by atoms with Crippen molar-refractivity contribution in [2.45, 2.75) is 6.42 Å². The minimum atomic E-state index is 0.0456. The second-order valence-electron chi connectivity index (χ2n) is 3.37. The van der Waals surface area contributed by atoms with Crippen LogP contribution in [-0.2, 0) is 11.2 Å². The molecule has 0 aromatic heterocycles. The summed E-state index contributed by atoms with van der Waals surface area (Å²) in [4.78, 5) is 11.7. The van der Waals surface area contributed by atoms with Crippen molar-refractivity contribution in [2.24, 2.45) is 0 Å². The van der Waals surface area contributed by atoms with Crippen molar-refractivity contribution < 1.29 is 9.53 Å². The maximum absolute atomic E-state index is 11.7. The summed E-state index contributed by atoms with van der Waals surface area (Å²) in [6.07, 6.45) is 0.863. The number of ketones is 1. The summed E-state index contributed by atoms with van der Waals surface area (Å²) in [5.41, 5.74) is 1.85. The van der Waals surface area contributed by atoms with E-state index in [0.717, 1.165) is 24.1 Å². The van der Waals surface area contributed by atoms with Gasteiger partial charge in [-0.3, -0.25) is 4.79 Å². The molecule has 1 aromatic rings. The maximum atomic E-state index is 11.7. The lowest BCUT2D eigenvalue weighted by Gasteiger charge is -2.07. The van der Waals surface area contributed by atoms with Gasteiger partial charge in [-0.25, -0.2) is 0 Å². The average Bonchev–Trinajstić information content (AvgIpc) is 2.27. The molecule has 0 atom stereocenters. The van der Waals surface area contributed by atoms with E-state index in [4.69, 9.17) is 4.74 Å². The molecule has 0 aliphatic carbocycles. The number of likely N-dealkylation sites (N-methyl/N-ethyl adjacent to an activating group) is 1. The van der Waals surface area contributed by atoms with E-state index in [1.54, 1.807) is 0 Å². The molecular weight excluding hydrogens is 190 g/mol. The van der Waals surface area contributed by atoms with E-state index in [2.05, 4.69) is 5.32 Å². The van der Waals surface area contributed by atoms with Gasteiger partial charge in [0, 0.05) is 12.7 Å². The van der Waals surface area contributed by atoms with Crippen molar-refractivity contribution in [3.63, 3.8) is 0 Å². The Balaban J connectivity index is 2.80. The van der Waals surface area contributed by atoms with Crippen LogP contribution in [0.15, 0.2) is 24.3 Å². The largest absolute Gasteiger partial charge is 0.377 e. The average molecular weight is 207 g/mol. The fourth-order valence-corrected chi connectivity index (χ4v) is 1.48. The van der Waals surface area contributed by atoms with E-state index in [-0.39, 0.29) is 12.4 Å². The molecule has 0 unspecified atom stereocenters. The van der Waals surface area contributed by atoms with E-state index in [1.807, 2.05) is 31.3 Å². The fourth-order valence-electron chi connectivity index (χ4n) is 1.48. The third-order valence-corrected chi connectivity index (χ3v) is 2.24. The van der Waals surface area contributed by atoms with Crippen molar-refractivity contribution >= 4 is 5.78 Å². The van der Waals surface area contributed by atoms with Crippen molar-refractivity contribution in [1.29, 1.82) is 0 Å². The summed E-state index contributed by atoms with van der Waals surface area (Å²) in [7, 11) is 3.44. The number of hydrogen-bond acceptors (Lipinski definition) is 3. The Labute approximate surface area is 90.4 Å². The lowest BCUT2D eigenvalue weighted by atomic mass is 10.0. The number of methoxy groups -OCH3 is 1. The van der Waals surface area contributed by atoms with Gasteiger partial charge in [-0.1, -0.05) is 24.3 Å². The number of hydrogen-bond donors (Lipinski definition) is 1. The van der Waals surface area contributed by atoms with Crippen molar-refractivity contribution in [3.8, 4) is 0 Å². The highest BCUT2D eigenvalue weighted by atomic mass is 16.5. The zero-order valence-electron chi connectivity index (χ0n) is 9.25. The number of carbonyl (C=O) groups is 1. The summed E-state index contributed by atoms with van der Waals surface area (Å²) < 4.78 is 4.85. The number of rotatable bonds is 6. The van der Waals surface area contributed by atoms with Gasteiger partial charge in [0.2, 0.25) is 0 Å². The molecule has 3 nitrogen and oxygen atoms in total. The molecule has 0 spiro atoms. The summed E-state index contributed by atoms with van der Waals surface area (Å²) in [5, 5.41) is 3.07. The predicted molar refractivity (Wildman–Crippen MR) is 60.3 cm³/mol. The van der Waals surface area contributed by atoms with Gasteiger partial charge < -0.3 is 10.1 Å². The first-order chi connectivity index (χ1) is 7.29. The summed E-state index contributed by atoms with van der Waals surface area (Å²) in [5.74, 6) is 0.0456. The molecule has 15 heavy (non-hydrogen) atoms. The molecule has 0 amide bonds. The van der Waals surface area contributed by atoms with Crippen LogP contribution in [0, 0.1) is 0 Å². The monoisotopic (exact) mass is 207 g/mol. The Bertz CT molecular complexity index is 323. The third-order valence-electron chi connectivity index (χ3n) is 2.24. The molecular formula is C12H17NO2. The second kappa shape index (κ2) is 6.32. The molecule has 0 heterocycles. The van der Waals surface area contributed by atoms with Crippen LogP contribution in [0.2, 0.25) is 0 Å². The highest BCUT2D eigenvalue weighted by Crippen LogP contribution is 2.10. The van der Waals surface area contributed by atoms with Gasteiger partial charge >= 0.3 is 0 Å². The van der Waals surface area contributed by atoms with E-state index >= 15 is 0 Å². The number of nitrogens with one attached hydrogen (secondary N) is 1. The van der Waals surface area contributed by atoms with Gasteiger partial charge in [0.15, 0.2) is 5.78 Å². The quantitative estimate of drug-likeness (QED) is 0.714. The van der Waals surface area contributed by atoms with Gasteiger partial charge in [0.05, 0.1) is 0 Å².